The summed E-state index contributed by atoms with van der Waals surface area (Å²) in [6.45, 7) is 1.06. The highest BCUT2D eigenvalue weighted by atomic mass is 32.2. The van der Waals surface area contributed by atoms with E-state index in [0.29, 0.717) is 0 Å². The molecule has 2 nitrogen and oxygen atoms in total. The summed E-state index contributed by atoms with van der Waals surface area (Å²) in [5.41, 5.74) is 2.25. The fourth-order valence-corrected chi connectivity index (χ4v) is 3.43. The minimum absolute atomic E-state index is 1.05. The molecule has 0 saturated carbocycles. The monoisotopic (exact) mass is 308 g/mol. The van der Waals surface area contributed by atoms with Crippen molar-refractivity contribution in [2.45, 2.75) is 5.03 Å². The molecule has 0 bridgehead atoms. The van der Waals surface area contributed by atoms with Crippen molar-refractivity contribution in [2.75, 3.05) is 26.4 Å². The van der Waals surface area contributed by atoms with Gasteiger partial charge in [0, 0.05) is 23.2 Å². The van der Waals surface area contributed by atoms with Crippen LogP contribution in [0.4, 0.5) is 0 Å². The zero-order valence-corrected chi connectivity index (χ0v) is 13.8. The smallest absolute Gasteiger partial charge is 0.0974 e. The molecule has 0 amide bonds. The molecule has 0 radical (unpaired) electrons. The van der Waals surface area contributed by atoms with Crippen LogP contribution in [0.2, 0.25) is 0 Å². The quantitative estimate of drug-likeness (QED) is 0.643. The van der Waals surface area contributed by atoms with Gasteiger partial charge in [0.05, 0.1) is 10.7 Å². The molecule has 0 aliphatic heterocycles. The zero-order valence-electron chi connectivity index (χ0n) is 13.0. The number of benzene rings is 2. The van der Waals surface area contributed by atoms with E-state index in [1.54, 1.807) is 0 Å². The highest BCUT2D eigenvalue weighted by Crippen LogP contribution is 2.30. The fourth-order valence-electron chi connectivity index (χ4n) is 2.40. The molecule has 0 N–H and O–H groups in total. The Balaban J connectivity index is 2.01. The fraction of sp³-hybridized carbons (Fsp3) is 0.211. The summed E-state index contributed by atoms with van der Waals surface area (Å²) in [6.07, 6.45) is 0. The van der Waals surface area contributed by atoms with Gasteiger partial charge in [0.25, 0.3) is 0 Å². The van der Waals surface area contributed by atoms with Gasteiger partial charge in [0.2, 0.25) is 0 Å². The average Bonchev–Trinajstić information content (AvgIpc) is 2.54. The predicted molar refractivity (Wildman–Crippen MR) is 96.5 cm³/mol. The molecule has 3 heteroatoms. The number of hydrogen-bond donors (Lipinski definition) is 0. The van der Waals surface area contributed by atoms with E-state index < -0.39 is 0 Å². The summed E-state index contributed by atoms with van der Waals surface area (Å²) in [4.78, 5) is 7.11. The third kappa shape index (κ3) is 3.49. The molecule has 22 heavy (non-hydrogen) atoms. The number of aromatic nitrogens is 1. The first-order valence-corrected chi connectivity index (χ1v) is 8.45. The molecule has 2 aromatic carbocycles. The number of nitrogens with zero attached hydrogens (tertiary/aromatic N) is 2. The van der Waals surface area contributed by atoms with Gasteiger partial charge in [-0.05, 0) is 25.5 Å². The normalized spacial score (nSPS) is 11.2. The topological polar surface area (TPSA) is 16.1 Å². The van der Waals surface area contributed by atoms with Crippen LogP contribution < -0.4 is 0 Å². The van der Waals surface area contributed by atoms with Crippen LogP contribution in [0.25, 0.3) is 22.0 Å². The minimum atomic E-state index is 1.05. The largest absolute Gasteiger partial charge is 0.309 e. The van der Waals surface area contributed by atoms with Crippen molar-refractivity contribution in [1.82, 2.24) is 9.88 Å². The first kappa shape index (κ1) is 15.1. The summed E-state index contributed by atoms with van der Waals surface area (Å²) in [6, 6.07) is 21.1. The van der Waals surface area contributed by atoms with E-state index in [2.05, 4.69) is 73.6 Å². The SMILES string of the molecule is CN(C)CCSc1cc2ccccc2c(-c2ccccc2)n1. The van der Waals surface area contributed by atoms with Crippen LogP contribution in [-0.2, 0) is 0 Å². The van der Waals surface area contributed by atoms with Crippen molar-refractivity contribution >= 4 is 22.5 Å². The second-order valence-electron chi connectivity index (χ2n) is 5.55. The third-order valence-electron chi connectivity index (χ3n) is 3.55. The summed E-state index contributed by atoms with van der Waals surface area (Å²) < 4.78 is 0. The van der Waals surface area contributed by atoms with E-state index in [0.717, 1.165) is 23.0 Å². The van der Waals surface area contributed by atoms with Crippen LogP contribution in [0.3, 0.4) is 0 Å². The lowest BCUT2D eigenvalue weighted by molar-refractivity contribution is 0.437. The van der Waals surface area contributed by atoms with E-state index in [9.17, 15) is 0 Å². The van der Waals surface area contributed by atoms with Crippen LogP contribution in [0.1, 0.15) is 0 Å². The molecule has 3 rings (SSSR count). The number of hydrogen-bond acceptors (Lipinski definition) is 3. The van der Waals surface area contributed by atoms with Crippen molar-refractivity contribution < 1.29 is 0 Å². The summed E-state index contributed by atoms with van der Waals surface area (Å²) in [5.74, 6) is 1.05. The molecule has 1 aromatic heterocycles. The highest BCUT2D eigenvalue weighted by molar-refractivity contribution is 7.99. The van der Waals surface area contributed by atoms with Gasteiger partial charge in [-0.25, -0.2) is 4.98 Å². The summed E-state index contributed by atoms with van der Waals surface area (Å²) in [7, 11) is 4.20. The van der Waals surface area contributed by atoms with Gasteiger partial charge in [-0.3, -0.25) is 0 Å². The van der Waals surface area contributed by atoms with Crippen LogP contribution in [0, 0.1) is 0 Å². The Morgan fingerprint density at radius 2 is 1.68 bits per heavy atom. The minimum Gasteiger partial charge on any atom is -0.309 e. The molecular weight excluding hydrogens is 288 g/mol. The highest BCUT2D eigenvalue weighted by Gasteiger charge is 2.08. The first-order chi connectivity index (χ1) is 10.7. The van der Waals surface area contributed by atoms with Gasteiger partial charge in [-0.2, -0.15) is 0 Å². The molecule has 0 saturated heterocycles. The Morgan fingerprint density at radius 1 is 0.955 bits per heavy atom. The van der Waals surface area contributed by atoms with Gasteiger partial charge in [0.1, 0.15) is 0 Å². The Kier molecular flexibility index (Phi) is 4.76. The number of pyridine rings is 1. The van der Waals surface area contributed by atoms with Crippen LogP contribution >= 0.6 is 11.8 Å². The second-order valence-corrected chi connectivity index (χ2v) is 6.66. The van der Waals surface area contributed by atoms with Gasteiger partial charge in [0.15, 0.2) is 0 Å². The average molecular weight is 308 g/mol. The molecule has 1 heterocycles. The number of thioether (sulfide) groups is 1. The Bertz CT molecular complexity index is 754. The van der Waals surface area contributed by atoms with Crippen molar-refractivity contribution in [2.24, 2.45) is 0 Å². The first-order valence-electron chi connectivity index (χ1n) is 7.47. The molecule has 0 aliphatic carbocycles. The lowest BCUT2D eigenvalue weighted by Crippen LogP contribution is -2.14. The van der Waals surface area contributed by atoms with Gasteiger partial charge in [-0.15, -0.1) is 11.8 Å². The molecule has 3 aromatic rings. The van der Waals surface area contributed by atoms with Crippen molar-refractivity contribution in [1.29, 1.82) is 0 Å². The van der Waals surface area contributed by atoms with Gasteiger partial charge >= 0.3 is 0 Å². The van der Waals surface area contributed by atoms with E-state index in [1.165, 1.54) is 16.3 Å². The van der Waals surface area contributed by atoms with Crippen LogP contribution in [-0.4, -0.2) is 36.3 Å². The van der Waals surface area contributed by atoms with E-state index >= 15 is 0 Å². The van der Waals surface area contributed by atoms with Crippen LogP contribution in [0.15, 0.2) is 65.7 Å². The second kappa shape index (κ2) is 6.95. The lowest BCUT2D eigenvalue weighted by Gasteiger charge is -2.11. The van der Waals surface area contributed by atoms with Gasteiger partial charge in [-0.1, -0.05) is 54.6 Å². The predicted octanol–water partition coefficient (Wildman–Crippen LogP) is 4.56. The van der Waals surface area contributed by atoms with Crippen molar-refractivity contribution in [3.05, 3.63) is 60.7 Å². The van der Waals surface area contributed by atoms with Crippen molar-refractivity contribution in [3.8, 4) is 11.3 Å². The Hall–Kier alpha value is -1.84. The molecule has 112 valence electrons. The zero-order chi connectivity index (χ0) is 15.4. The number of fused-ring (bicyclic) bond motifs is 1. The third-order valence-corrected chi connectivity index (χ3v) is 4.44. The molecule has 0 atom stereocenters. The van der Waals surface area contributed by atoms with Gasteiger partial charge < -0.3 is 4.90 Å². The Morgan fingerprint density at radius 3 is 2.45 bits per heavy atom. The molecular formula is C19H20N2S. The molecule has 0 spiro atoms. The molecule has 0 fully saturated rings. The van der Waals surface area contributed by atoms with E-state index in [1.807, 2.05) is 17.8 Å². The maximum Gasteiger partial charge on any atom is 0.0974 e. The van der Waals surface area contributed by atoms with E-state index in [-0.39, 0.29) is 0 Å². The maximum absolute atomic E-state index is 4.91. The lowest BCUT2D eigenvalue weighted by atomic mass is 10.0. The molecule has 0 unspecified atom stereocenters. The van der Waals surface area contributed by atoms with Crippen LogP contribution in [0.5, 0.6) is 0 Å². The standard InChI is InChI=1S/C19H20N2S/c1-21(2)12-13-22-18-14-16-10-6-7-11-17(16)19(20-18)15-8-4-3-5-9-15/h3-11,14H,12-13H2,1-2H3. The maximum atomic E-state index is 4.91. The summed E-state index contributed by atoms with van der Waals surface area (Å²) >= 11 is 1.82. The van der Waals surface area contributed by atoms with E-state index in [4.69, 9.17) is 4.98 Å². The summed E-state index contributed by atoms with van der Waals surface area (Å²) in [5, 5.41) is 3.56. The number of rotatable bonds is 5. The molecule has 0 aliphatic rings. The van der Waals surface area contributed by atoms with Crippen molar-refractivity contribution in [3.63, 3.8) is 0 Å². The Labute approximate surface area is 136 Å².